The first kappa shape index (κ1) is 13.2. The standard InChI is InChI=1S/C19H28/c1-15-10-13-18-17(9-6-14-19(15,18)2)12-11-16-7-4-3-5-8-16/h10-12,18H,3-9,13-14H2,1-2H3/b17-12+. The van der Waals surface area contributed by atoms with E-state index in [0.717, 1.165) is 5.92 Å². The Balaban J connectivity index is 1.77. The van der Waals surface area contributed by atoms with Crippen LogP contribution in [0.5, 0.6) is 0 Å². The van der Waals surface area contributed by atoms with Crippen LogP contribution in [-0.2, 0) is 0 Å². The van der Waals surface area contributed by atoms with Crippen molar-refractivity contribution in [1.82, 2.24) is 0 Å². The molecule has 0 aromatic heterocycles. The second-order valence-electron chi connectivity index (χ2n) is 7.07. The molecule has 0 bridgehead atoms. The Labute approximate surface area is 118 Å². The van der Waals surface area contributed by atoms with E-state index in [1.165, 1.54) is 57.8 Å². The van der Waals surface area contributed by atoms with Gasteiger partial charge >= 0.3 is 0 Å². The Morgan fingerprint density at radius 2 is 1.84 bits per heavy atom. The van der Waals surface area contributed by atoms with E-state index in [0.29, 0.717) is 5.41 Å². The lowest BCUT2D eigenvalue weighted by Gasteiger charge is -2.40. The van der Waals surface area contributed by atoms with Gasteiger partial charge in [0.2, 0.25) is 0 Å². The van der Waals surface area contributed by atoms with E-state index in [4.69, 9.17) is 0 Å². The zero-order valence-corrected chi connectivity index (χ0v) is 12.7. The van der Waals surface area contributed by atoms with E-state index in [1.54, 1.807) is 16.7 Å². The van der Waals surface area contributed by atoms with Gasteiger partial charge in [-0.05, 0) is 69.6 Å². The average Bonchev–Trinajstić information content (AvgIpc) is 2.74. The first-order valence-electron chi connectivity index (χ1n) is 8.26. The monoisotopic (exact) mass is 256 g/mol. The van der Waals surface area contributed by atoms with Gasteiger partial charge in [-0.25, -0.2) is 0 Å². The SMILES string of the molecule is CC1=CCC2/C(=C/C=C3CCCCC3)CCCC12C. The minimum atomic E-state index is 0.481. The van der Waals surface area contributed by atoms with Crippen molar-refractivity contribution in [3.05, 3.63) is 34.9 Å². The van der Waals surface area contributed by atoms with Crippen LogP contribution in [-0.4, -0.2) is 0 Å². The Kier molecular flexibility index (Phi) is 3.69. The number of fused-ring (bicyclic) bond motifs is 1. The Morgan fingerprint density at radius 1 is 1.05 bits per heavy atom. The van der Waals surface area contributed by atoms with E-state index in [9.17, 15) is 0 Å². The van der Waals surface area contributed by atoms with E-state index in [1.807, 2.05) is 0 Å². The van der Waals surface area contributed by atoms with Crippen molar-refractivity contribution in [2.24, 2.45) is 11.3 Å². The maximum Gasteiger partial charge on any atom is -0.00506 e. The summed E-state index contributed by atoms with van der Waals surface area (Å²) in [5.41, 5.74) is 5.57. The fraction of sp³-hybridized carbons (Fsp3) is 0.684. The molecule has 3 rings (SSSR count). The van der Waals surface area contributed by atoms with Gasteiger partial charge in [-0.3, -0.25) is 0 Å². The quantitative estimate of drug-likeness (QED) is 0.508. The van der Waals surface area contributed by atoms with Crippen LogP contribution in [0.15, 0.2) is 34.9 Å². The molecule has 2 atom stereocenters. The van der Waals surface area contributed by atoms with Gasteiger partial charge < -0.3 is 0 Å². The Hall–Kier alpha value is -0.780. The topological polar surface area (TPSA) is 0 Å². The van der Waals surface area contributed by atoms with E-state index in [-0.39, 0.29) is 0 Å². The molecule has 0 heteroatoms. The lowest BCUT2D eigenvalue weighted by atomic mass is 9.64. The molecular formula is C19H28. The largest absolute Gasteiger partial charge is 0.0844 e. The average molecular weight is 256 g/mol. The van der Waals surface area contributed by atoms with Gasteiger partial charge in [0, 0.05) is 0 Å². The third kappa shape index (κ3) is 2.47. The summed E-state index contributed by atoms with van der Waals surface area (Å²) in [5, 5.41) is 0. The van der Waals surface area contributed by atoms with E-state index >= 15 is 0 Å². The Bertz CT molecular complexity index is 427. The maximum absolute atomic E-state index is 2.51. The summed E-state index contributed by atoms with van der Waals surface area (Å²) in [6, 6.07) is 0. The first-order valence-corrected chi connectivity index (χ1v) is 8.26. The molecule has 0 saturated heterocycles. The smallest absolute Gasteiger partial charge is 0.00506 e. The van der Waals surface area contributed by atoms with Crippen LogP contribution in [0.4, 0.5) is 0 Å². The lowest BCUT2D eigenvalue weighted by Crippen LogP contribution is -2.29. The van der Waals surface area contributed by atoms with Crippen LogP contribution >= 0.6 is 0 Å². The summed E-state index contributed by atoms with van der Waals surface area (Å²) in [6.07, 6.45) is 19.9. The Morgan fingerprint density at radius 3 is 2.63 bits per heavy atom. The van der Waals surface area contributed by atoms with Gasteiger partial charge in [0.1, 0.15) is 0 Å². The number of allylic oxidation sites excluding steroid dienone is 6. The molecule has 2 fully saturated rings. The molecule has 3 aliphatic carbocycles. The van der Waals surface area contributed by atoms with Gasteiger partial charge in [0.05, 0.1) is 0 Å². The molecular weight excluding hydrogens is 228 g/mol. The summed E-state index contributed by atoms with van der Waals surface area (Å²) in [4.78, 5) is 0. The highest BCUT2D eigenvalue weighted by atomic mass is 14.5. The molecule has 3 aliphatic rings. The van der Waals surface area contributed by atoms with Crippen LogP contribution in [0, 0.1) is 11.3 Å². The molecule has 2 saturated carbocycles. The summed E-state index contributed by atoms with van der Waals surface area (Å²) in [7, 11) is 0. The van der Waals surface area contributed by atoms with Crippen molar-refractivity contribution in [2.45, 2.75) is 71.6 Å². The predicted octanol–water partition coefficient (Wildman–Crippen LogP) is 5.96. The van der Waals surface area contributed by atoms with Crippen LogP contribution in [0.2, 0.25) is 0 Å². The molecule has 0 aromatic rings. The van der Waals surface area contributed by atoms with Crippen LogP contribution in [0.1, 0.15) is 71.6 Å². The zero-order valence-electron chi connectivity index (χ0n) is 12.7. The van der Waals surface area contributed by atoms with Crippen molar-refractivity contribution in [3.63, 3.8) is 0 Å². The van der Waals surface area contributed by atoms with E-state index < -0.39 is 0 Å². The fourth-order valence-corrected chi connectivity index (χ4v) is 4.43. The summed E-state index contributed by atoms with van der Waals surface area (Å²) in [6.45, 7) is 4.85. The summed E-state index contributed by atoms with van der Waals surface area (Å²) < 4.78 is 0. The summed E-state index contributed by atoms with van der Waals surface area (Å²) >= 11 is 0. The molecule has 0 radical (unpaired) electrons. The molecule has 0 N–H and O–H groups in total. The normalized spacial score (nSPS) is 37.2. The molecule has 2 unspecified atom stereocenters. The highest BCUT2D eigenvalue weighted by Crippen LogP contribution is 2.54. The molecule has 0 aliphatic heterocycles. The highest BCUT2D eigenvalue weighted by molar-refractivity contribution is 5.32. The van der Waals surface area contributed by atoms with Crippen molar-refractivity contribution < 1.29 is 0 Å². The minimum Gasteiger partial charge on any atom is -0.0844 e. The van der Waals surface area contributed by atoms with Crippen molar-refractivity contribution in [3.8, 4) is 0 Å². The first-order chi connectivity index (χ1) is 9.20. The van der Waals surface area contributed by atoms with Crippen LogP contribution < -0.4 is 0 Å². The molecule has 0 heterocycles. The second kappa shape index (κ2) is 5.31. The predicted molar refractivity (Wildman–Crippen MR) is 83.1 cm³/mol. The molecule has 0 spiro atoms. The molecule has 0 amide bonds. The third-order valence-electron chi connectivity index (χ3n) is 5.97. The number of hydrogen-bond donors (Lipinski definition) is 0. The van der Waals surface area contributed by atoms with Gasteiger partial charge in [0.25, 0.3) is 0 Å². The molecule has 0 aromatic carbocycles. The lowest BCUT2D eigenvalue weighted by molar-refractivity contribution is 0.234. The van der Waals surface area contributed by atoms with Crippen molar-refractivity contribution in [2.75, 3.05) is 0 Å². The zero-order chi connectivity index (χ0) is 13.3. The molecule has 104 valence electrons. The maximum atomic E-state index is 2.51. The highest BCUT2D eigenvalue weighted by Gasteiger charge is 2.42. The number of hydrogen-bond acceptors (Lipinski definition) is 0. The van der Waals surface area contributed by atoms with Crippen LogP contribution in [0.25, 0.3) is 0 Å². The van der Waals surface area contributed by atoms with Gasteiger partial charge in [0.15, 0.2) is 0 Å². The van der Waals surface area contributed by atoms with E-state index in [2.05, 4.69) is 32.1 Å². The second-order valence-corrected chi connectivity index (χ2v) is 7.07. The van der Waals surface area contributed by atoms with Crippen molar-refractivity contribution >= 4 is 0 Å². The molecule has 19 heavy (non-hydrogen) atoms. The number of rotatable bonds is 1. The summed E-state index contributed by atoms with van der Waals surface area (Å²) in [5.74, 6) is 0.807. The minimum absolute atomic E-state index is 0.481. The van der Waals surface area contributed by atoms with Crippen molar-refractivity contribution in [1.29, 1.82) is 0 Å². The fourth-order valence-electron chi connectivity index (χ4n) is 4.43. The molecule has 0 nitrogen and oxygen atoms in total. The van der Waals surface area contributed by atoms with Crippen LogP contribution in [0.3, 0.4) is 0 Å². The van der Waals surface area contributed by atoms with Gasteiger partial charge in [-0.15, -0.1) is 0 Å². The van der Waals surface area contributed by atoms with Gasteiger partial charge in [-0.1, -0.05) is 48.3 Å². The van der Waals surface area contributed by atoms with Gasteiger partial charge in [-0.2, -0.15) is 0 Å². The third-order valence-corrected chi connectivity index (χ3v) is 5.97.